The zero-order chi connectivity index (χ0) is 13.1. The third-order valence-electron chi connectivity index (χ3n) is 2.58. The monoisotopic (exact) mass is 368 g/mol. The molecule has 4 heteroatoms. The zero-order valence-electron chi connectivity index (χ0n) is 9.67. The highest BCUT2D eigenvalue weighted by Gasteiger charge is 2.07. The van der Waals surface area contributed by atoms with Crippen LogP contribution in [-0.4, -0.2) is 0 Å². The van der Waals surface area contributed by atoms with Gasteiger partial charge in [-0.15, -0.1) is 0 Å². The molecule has 2 aromatic rings. The summed E-state index contributed by atoms with van der Waals surface area (Å²) in [6.45, 7) is 1.98. The Hall–Kier alpha value is -1.25. The molecule has 0 fully saturated rings. The first-order chi connectivity index (χ1) is 8.61. The fourth-order valence-electron chi connectivity index (χ4n) is 1.65. The van der Waals surface area contributed by atoms with Crippen molar-refractivity contribution in [1.82, 2.24) is 0 Å². The van der Waals surface area contributed by atoms with Crippen molar-refractivity contribution >= 4 is 45.6 Å². The van der Waals surface area contributed by atoms with Gasteiger partial charge in [-0.1, -0.05) is 23.7 Å². The summed E-state index contributed by atoms with van der Waals surface area (Å²) in [6, 6.07) is 13.5. The molecular weight excluding hydrogens is 359 g/mol. The third kappa shape index (κ3) is 2.77. The molecule has 1 N–H and O–H groups in total. The largest absolute Gasteiger partial charge is 0.353 e. The van der Waals surface area contributed by atoms with E-state index in [9.17, 15) is 0 Å². The summed E-state index contributed by atoms with van der Waals surface area (Å²) in [5.41, 5.74) is 3.48. The van der Waals surface area contributed by atoms with Crippen LogP contribution in [0.1, 0.15) is 11.1 Å². The number of rotatable bonds is 2. The number of halogens is 2. The number of aryl methyl sites for hydroxylation is 1. The van der Waals surface area contributed by atoms with Crippen molar-refractivity contribution < 1.29 is 0 Å². The predicted molar refractivity (Wildman–Crippen MR) is 83.3 cm³/mol. The number of hydrogen-bond acceptors (Lipinski definition) is 2. The molecule has 0 saturated carbocycles. The van der Waals surface area contributed by atoms with Gasteiger partial charge in [0.25, 0.3) is 0 Å². The summed E-state index contributed by atoms with van der Waals surface area (Å²) in [5, 5.41) is 13.1. The molecule has 0 aliphatic rings. The molecule has 0 aromatic heterocycles. The minimum atomic E-state index is 0.640. The van der Waals surface area contributed by atoms with Crippen LogP contribution in [0.15, 0.2) is 36.4 Å². The van der Waals surface area contributed by atoms with Crippen LogP contribution in [0.3, 0.4) is 0 Å². The fraction of sp³-hybridized carbons (Fsp3) is 0.0714. The summed E-state index contributed by atoms with van der Waals surface area (Å²) in [7, 11) is 0. The minimum absolute atomic E-state index is 0.640. The highest BCUT2D eigenvalue weighted by molar-refractivity contribution is 14.1. The molecule has 0 spiro atoms. The van der Waals surface area contributed by atoms with E-state index in [1.54, 1.807) is 6.07 Å². The second kappa shape index (κ2) is 5.59. The van der Waals surface area contributed by atoms with Gasteiger partial charge in [0, 0.05) is 8.59 Å². The molecule has 2 nitrogen and oxygen atoms in total. The molecule has 2 aromatic carbocycles. The number of nitrogens with zero attached hydrogens (tertiary/aromatic N) is 1. The van der Waals surface area contributed by atoms with Crippen LogP contribution >= 0.6 is 34.2 Å². The Balaban J connectivity index is 2.43. The van der Waals surface area contributed by atoms with Crippen LogP contribution in [0.25, 0.3) is 0 Å². The minimum Gasteiger partial charge on any atom is -0.353 e. The maximum absolute atomic E-state index is 9.12. The topological polar surface area (TPSA) is 35.8 Å². The molecule has 0 aliphatic heterocycles. The second-order valence-electron chi connectivity index (χ2n) is 3.86. The van der Waals surface area contributed by atoms with Crippen molar-refractivity contribution in [3.05, 3.63) is 56.1 Å². The number of nitrogens with one attached hydrogen (secondary N) is 1. The molecule has 0 radical (unpaired) electrons. The second-order valence-corrected chi connectivity index (χ2v) is 5.46. The maximum Gasteiger partial charge on any atom is 0.101 e. The number of nitriles is 1. The first-order valence-corrected chi connectivity index (χ1v) is 6.79. The molecule has 2 rings (SSSR count). The van der Waals surface area contributed by atoms with Gasteiger partial charge in [-0.05, 0) is 59.3 Å². The van der Waals surface area contributed by atoms with Gasteiger partial charge in [-0.25, -0.2) is 0 Å². The van der Waals surface area contributed by atoms with E-state index in [2.05, 4.69) is 34.0 Å². The van der Waals surface area contributed by atoms with Gasteiger partial charge in [0.05, 0.1) is 16.9 Å². The number of para-hydroxylation sites is 1. The number of anilines is 2. The highest BCUT2D eigenvalue weighted by Crippen LogP contribution is 2.29. The molecule has 90 valence electrons. The summed E-state index contributed by atoms with van der Waals surface area (Å²) in [4.78, 5) is 0. The maximum atomic E-state index is 9.12. The van der Waals surface area contributed by atoms with Crippen LogP contribution in [0, 0.1) is 21.8 Å². The summed E-state index contributed by atoms with van der Waals surface area (Å²) >= 11 is 8.14. The van der Waals surface area contributed by atoms with Crippen molar-refractivity contribution in [2.45, 2.75) is 6.92 Å². The van der Waals surface area contributed by atoms with E-state index in [0.717, 1.165) is 20.5 Å². The van der Waals surface area contributed by atoms with E-state index in [-0.39, 0.29) is 0 Å². The van der Waals surface area contributed by atoms with E-state index < -0.39 is 0 Å². The average Bonchev–Trinajstić information content (AvgIpc) is 2.34. The molecule has 0 saturated heterocycles. The van der Waals surface area contributed by atoms with Crippen LogP contribution in [0.2, 0.25) is 5.02 Å². The molecule has 0 unspecified atom stereocenters. The fourth-order valence-corrected chi connectivity index (χ4v) is 2.66. The van der Waals surface area contributed by atoms with Gasteiger partial charge in [-0.2, -0.15) is 5.26 Å². The predicted octanol–water partition coefficient (Wildman–Crippen LogP) is 4.87. The van der Waals surface area contributed by atoms with E-state index in [1.165, 1.54) is 0 Å². The zero-order valence-corrected chi connectivity index (χ0v) is 12.6. The van der Waals surface area contributed by atoms with Crippen molar-refractivity contribution in [1.29, 1.82) is 5.26 Å². The molecule has 0 atom stereocenters. The quantitative estimate of drug-likeness (QED) is 0.768. The molecule has 0 aliphatic carbocycles. The Bertz CT molecular complexity index is 632. The SMILES string of the molecule is Cc1cccc(C#N)c1Nc1ccc(Cl)cc1I. The van der Waals surface area contributed by atoms with Crippen molar-refractivity contribution in [3.8, 4) is 6.07 Å². The Morgan fingerprint density at radius 2 is 2.06 bits per heavy atom. The van der Waals surface area contributed by atoms with Gasteiger partial charge < -0.3 is 5.32 Å². The number of hydrogen-bond donors (Lipinski definition) is 1. The summed E-state index contributed by atoms with van der Waals surface area (Å²) in [6.07, 6.45) is 0. The van der Waals surface area contributed by atoms with Gasteiger partial charge >= 0.3 is 0 Å². The van der Waals surface area contributed by atoms with Gasteiger partial charge in [0.1, 0.15) is 6.07 Å². The van der Waals surface area contributed by atoms with Crippen molar-refractivity contribution in [2.75, 3.05) is 5.32 Å². The summed E-state index contributed by atoms with van der Waals surface area (Å²) in [5.74, 6) is 0. The van der Waals surface area contributed by atoms with Crippen LogP contribution in [-0.2, 0) is 0 Å². The van der Waals surface area contributed by atoms with Gasteiger partial charge in [0.2, 0.25) is 0 Å². The smallest absolute Gasteiger partial charge is 0.101 e. The molecular formula is C14H10ClIN2. The molecule has 18 heavy (non-hydrogen) atoms. The van der Waals surface area contributed by atoms with Gasteiger partial charge in [0.15, 0.2) is 0 Å². The third-order valence-corrected chi connectivity index (χ3v) is 3.71. The van der Waals surface area contributed by atoms with E-state index in [0.29, 0.717) is 10.6 Å². The Kier molecular flexibility index (Phi) is 4.10. The van der Waals surface area contributed by atoms with Gasteiger partial charge in [-0.3, -0.25) is 0 Å². The lowest BCUT2D eigenvalue weighted by Gasteiger charge is -2.12. The van der Waals surface area contributed by atoms with E-state index in [4.69, 9.17) is 16.9 Å². The summed E-state index contributed by atoms with van der Waals surface area (Å²) < 4.78 is 1.02. The van der Waals surface area contributed by atoms with E-state index in [1.807, 2.05) is 37.3 Å². The molecule has 0 bridgehead atoms. The lowest BCUT2D eigenvalue weighted by molar-refractivity contribution is 1.39. The lowest BCUT2D eigenvalue weighted by Crippen LogP contribution is -1.98. The Morgan fingerprint density at radius 1 is 1.28 bits per heavy atom. The average molecular weight is 369 g/mol. The molecule has 0 amide bonds. The van der Waals surface area contributed by atoms with Crippen LogP contribution < -0.4 is 5.32 Å². The lowest BCUT2D eigenvalue weighted by atomic mass is 10.1. The standard InChI is InChI=1S/C14H10ClIN2/c1-9-3-2-4-10(8-17)14(9)18-13-6-5-11(15)7-12(13)16/h2-7,18H,1H3. The van der Waals surface area contributed by atoms with Crippen molar-refractivity contribution in [3.63, 3.8) is 0 Å². The Labute approximate surface area is 125 Å². The van der Waals surface area contributed by atoms with Crippen LogP contribution in [0.5, 0.6) is 0 Å². The van der Waals surface area contributed by atoms with E-state index >= 15 is 0 Å². The first-order valence-electron chi connectivity index (χ1n) is 5.33. The highest BCUT2D eigenvalue weighted by atomic mass is 127. The molecule has 0 heterocycles. The van der Waals surface area contributed by atoms with Crippen molar-refractivity contribution in [2.24, 2.45) is 0 Å². The first kappa shape index (κ1) is 13.2. The number of benzene rings is 2. The normalized spacial score (nSPS) is 9.89. The van der Waals surface area contributed by atoms with Crippen LogP contribution in [0.4, 0.5) is 11.4 Å². The Morgan fingerprint density at radius 3 is 2.72 bits per heavy atom.